The number of benzene rings is 2. The maximum absolute atomic E-state index is 13.7. The Hall–Kier alpha value is -3.72. The highest BCUT2D eigenvalue weighted by atomic mass is 32.1. The number of thiophene rings is 1. The zero-order valence-electron chi connectivity index (χ0n) is 21.4. The molecule has 4 rings (SSSR count). The minimum atomic E-state index is -0.339. The summed E-state index contributed by atoms with van der Waals surface area (Å²) in [6.07, 6.45) is 0. The van der Waals surface area contributed by atoms with Gasteiger partial charge in [-0.05, 0) is 54.1 Å². The van der Waals surface area contributed by atoms with Crippen LogP contribution in [0.1, 0.15) is 31.2 Å². The number of nitrogens with one attached hydrogen (secondary N) is 1. The molecule has 0 bridgehead atoms. The molecule has 9 heteroatoms. The molecule has 37 heavy (non-hydrogen) atoms. The Bertz CT molecular complexity index is 1200. The molecule has 0 atom stereocenters. The van der Waals surface area contributed by atoms with Gasteiger partial charge < -0.3 is 29.3 Å². The summed E-state index contributed by atoms with van der Waals surface area (Å²) in [7, 11) is 0. The molecule has 0 unspecified atom stereocenters. The second-order valence-electron chi connectivity index (χ2n) is 9.15. The molecular weight excluding hydrogens is 490 g/mol. The van der Waals surface area contributed by atoms with Gasteiger partial charge in [0.15, 0.2) is 11.5 Å². The molecule has 2 heterocycles. The van der Waals surface area contributed by atoms with Gasteiger partial charge in [-0.15, -0.1) is 11.3 Å². The minimum absolute atomic E-state index is 0.0449. The molecule has 1 aromatic heterocycles. The van der Waals surface area contributed by atoms with Crippen LogP contribution in [-0.4, -0.2) is 48.2 Å². The third-order valence-corrected chi connectivity index (χ3v) is 6.58. The van der Waals surface area contributed by atoms with Gasteiger partial charge in [0.2, 0.25) is 12.7 Å². The van der Waals surface area contributed by atoms with Crippen LogP contribution in [0.2, 0.25) is 0 Å². The number of carbonyl (C=O) groups excluding carboxylic acids is 2. The third-order valence-electron chi connectivity index (χ3n) is 5.72. The van der Waals surface area contributed by atoms with Gasteiger partial charge >= 0.3 is 6.03 Å². The van der Waals surface area contributed by atoms with Gasteiger partial charge in [0.05, 0.1) is 18.8 Å². The molecular formula is C28H33N3O5S. The van der Waals surface area contributed by atoms with E-state index < -0.39 is 0 Å². The van der Waals surface area contributed by atoms with Gasteiger partial charge in [-0.2, -0.15) is 0 Å². The lowest BCUT2D eigenvalue weighted by atomic mass is 10.1. The first-order valence-corrected chi connectivity index (χ1v) is 13.3. The summed E-state index contributed by atoms with van der Waals surface area (Å²) in [5.41, 5.74) is 1.51. The van der Waals surface area contributed by atoms with E-state index in [0.717, 1.165) is 10.4 Å². The van der Waals surface area contributed by atoms with Crippen LogP contribution in [0.5, 0.6) is 17.2 Å². The number of anilines is 1. The summed E-state index contributed by atoms with van der Waals surface area (Å²) in [5, 5.41) is 4.92. The van der Waals surface area contributed by atoms with Crippen molar-refractivity contribution in [3.8, 4) is 17.2 Å². The number of fused-ring (bicyclic) bond motifs is 1. The largest absolute Gasteiger partial charge is 0.492 e. The van der Waals surface area contributed by atoms with Crippen LogP contribution in [0.25, 0.3) is 0 Å². The number of urea groups is 1. The number of nitrogens with zero attached hydrogens (tertiary/aromatic N) is 2. The first-order chi connectivity index (χ1) is 17.9. The van der Waals surface area contributed by atoms with E-state index in [9.17, 15) is 9.59 Å². The van der Waals surface area contributed by atoms with Crippen molar-refractivity contribution in [2.75, 3.05) is 31.8 Å². The van der Waals surface area contributed by atoms with Gasteiger partial charge in [0.1, 0.15) is 12.3 Å². The maximum Gasteiger partial charge on any atom is 0.322 e. The average Bonchev–Trinajstić information content (AvgIpc) is 3.56. The number of carbonyl (C=O) groups is 2. The Kier molecular flexibility index (Phi) is 8.90. The average molecular weight is 524 g/mol. The Balaban J connectivity index is 1.51. The number of ether oxygens (including phenoxy) is 3. The second-order valence-corrected chi connectivity index (χ2v) is 10.2. The fraction of sp³-hybridized carbons (Fsp3) is 0.357. The molecule has 2 aromatic carbocycles. The summed E-state index contributed by atoms with van der Waals surface area (Å²) in [4.78, 5) is 31.4. The molecule has 3 amide bonds. The van der Waals surface area contributed by atoms with Crippen molar-refractivity contribution in [1.29, 1.82) is 0 Å². The van der Waals surface area contributed by atoms with Gasteiger partial charge in [-0.3, -0.25) is 4.79 Å². The van der Waals surface area contributed by atoms with Gasteiger partial charge in [-0.1, -0.05) is 38.1 Å². The number of hydrogen-bond acceptors (Lipinski definition) is 6. The van der Waals surface area contributed by atoms with Crippen molar-refractivity contribution in [1.82, 2.24) is 9.80 Å². The van der Waals surface area contributed by atoms with E-state index in [2.05, 4.69) is 5.32 Å². The minimum Gasteiger partial charge on any atom is -0.492 e. The molecule has 0 aliphatic carbocycles. The maximum atomic E-state index is 13.7. The summed E-state index contributed by atoms with van der Waals surface area (Å²) < 4.78 is 16.6. The highest BCUT2D eigenvalue weighted by molar-refractivity contribution is 7.09. The van der Waals surface area contributed by atoms with Crippen LogP contribution in [0, 0.1) is 5.92 Å². The summed E-state index contributed by atoms with van der Waals surface area (Å²) >= 11 is 1.60. The van der Waals surface area contributed by atoms with Gasteiger partial charge in [0.25, 0.3) is 0 Å². The first kappa shape index (κ1) is 26.3. The molecule has 1 aliphatic heterocycles. The van der Waals surface area contributed by atoms with Crippen molar-refractivity contribution >= 4 is 29.0 Å². The van der Waals surface area contributed by atoms with E-state index >= 15 is 0 Å². The molecule has 3 aromatic rings. The second kappa shape index (κ2) is 12.5. The van der Waals surface area contributed by atoms with Crippen molar-refractivity contribution in [2.45, 2.75) is 33.9 Å². The Morgan fingerprint density at radius 3 is 2.59 bits per heavy atom. The van der Waals surface area contributed by atoms with Crippen LogP contribution in [0.15, 0.2) is 60.0 Å². The molecule has 0 spiro atoms. The zero-order chi connectivity index (χ0) is 26.2. The first-order valence-electron chi connectivity index (χ1n) is 12.4. The van der Waals surface area contributed by atoms with Gasteiger partial charge in [0, 0.05) is 18.0 Å². The molecule has 1 aliphatic rings. The lowest BCUT2D eigenvalue weighted by Crippen LogP contribution is -2.45. The van der Waals surface area contributed by atoms with Crippen LogP contribution >= 0.6 is 11.3 Å². The SMILES string of the molecule is CCOc1ccccc1NC(=O)N(CC(=O)N(Cc1ccc2c(c1)OCO2)Cc1cccs1)CC(C)C. The van der Waals surface area contributed by atoms with E-state index in [4.69, 9.17) is 14.2 Å². The Morgan fingerprint density at radius 2 is 1.84 bits per heavy atom. The van der Waals surface area contributed by atoms with Crippen molar-refractivity contribution in [2.24, 2.45) is 5.92 Å². The van der Waals surface area contributed by atoms with Gasteiger partial charge in [-0.25, -0.2) is 4.79 Å². The smallest absolute Gasteiger partial charge is 0.322 e. The summed E-state index contributed by atoms with van der Waals surface area (Å²) in [5.74, 6) is 2.01. The fourth-order valence-electron chi connectivity index (χ4n) is 4.05. The quantitative estimate of drug-likeness (QED) is 0.354. The Labute approximate surface area is 221 Å². The number of rotatable bonds is 11. The van der Waals surface area contributed by atoms with E-state index in [1.54, 1.807) is 27.2 Å². The van der Waals surface area contributed by atoms with E-state index in [1.807, 2.05) is 74.7 Å². The fourth-order valence-corrected chi connectivity index (χ4v) is 4.77. The molecule has 8 nitrogen and oxygen atoms in total. The number of amides is 3. The third kappa shape index (κ3) is 7.16. The summed E-state index contributed by atoms with van der Waals surface area (Å²) in [6.45, 7) is 7.85. The van der Waals surface area contributed by atoms with E-state index in [1.165, 1.54) is 0 Å². The molecule has 0 radical (unpaired) electrons. The lowest BCUT2D eigenvalue weighted by Gasteiger charge is -2.29. The highest BCUT2D eigenvalue weighted by Gasteiger charge is 2.24. The topological polar surface area (TPSA) is 80.3 Å². The normalized spacial score (nSPS) is 11.9. The van der Waals surface area contributed by atoms with Crippen molar-refractivity contribution in [3.05, 3.63) is 70.4 Å². The highest BCUT2D eigenvalue weighted by Crippen LogP contribution is 2.33. The van der Waals surface area contributed by atoms with Crippen LogP contribution in [-0.2, 0) is 17.9 Å². The Morgan fingerprint density at radius 1 is 1.03 bits per heavy atom. The van der Waals surface area contributed by atoms with Crippen molar-refractivity contribution in [3.63, 3.8) is 0 Å². The van der Waals surface area contributed by atoms with Crippen molar-refractivity contribution < 1.29 is 23.8 Å². The monoisotopic (exact) mass is 523 g/mol. The van der Waals surface area contributed by atoms with E-state index in [-0.39, 0.29) is 31.2 Å². The molecule has 0 fully saturated rings. The molecule has 196 valence electrons. The number of hydrogen-bond donors (Lipinski definition) is 1. The lowest BCUT2D eigenvalue weighted by molar-refractivity contribution is -0.133. The van der Waals surface area contributed by atoms with Crippen LogP contribution in [0.3, 0.4) is 0 Å². The predicted molar refractivity (Wildman–Crippen MR) is 144 cm³/mol. The molecule has 1 N–H and O–H groups in total. The predicted octanol–water partition coefficient (Wildman–Crippen LogP) is 5.59. The standard InChI is InChI=1S/C28H33N3O5S/c1-4-34-24-10-6-5-9-23(24)29-28(33)31(15-20(2)3)18-27(32)30(17-22-8-7-13-37-22)16-21-11-12-25-26(14-21)36-19-35-25/h5-14,20H,4,15-19H2,1-3H3,(H,29,33). The van der Waals surface area contributed by atoms with Crippen LogP contribution in [0.4, 0.5) is 10.5 Å². The van der Waals surface area contributed by atoms with E-state index in [0.29, 0.717) is 49.2 Å². The molecule has 0 saturated carbocycles. The zero-order valence-corrected chi connectivity index (χ0v) is 22.3. The summed E-state index contributed by atoms with van der Waals surface area (Å²) in [6, 6.07) is 16.6. The van der Waals surface area contributed by atoms with Crippen LogP contribution < -0.4 is 19.5 Å². The molecule has 0 saturated heterocycles. The number of para-hydroxylation sites is 2.